The Balaban J connectivity index is 1.50. The molecular formula is C26H21NO5. The summed E-state index contributed by atoms with van der Waals surface area (Å²) in [6, 6.07) is 16.5. The quantitative estimate of drug-likeness (QED) is 0.492. The summed E-state index contributed by atoms with van der Waals surface area (Å²) in [5, 5.41) is 2.65. The van der Waals surface area contributed by atoms with Crippen LogP contribution in [-0.2, 0) is 9.53 Å². The predicted octanol–water partition coefficient (Wildman–Crippen LogP) is 4.26. The second kappa shape index (κ2) is 8.23. The van der Waals surface area contributed by atoms with Crippen molar-refractivity contribution in [2.24, 2.45) is 0 Å². The van der Waals surface area contributed by atoms with Crippen LogP contribution in [0.2, 0.25) is 0 Å². The van der Waals surface area contributed by atoms with Crippen molar-refractivity contribution in [3.8, 4) is 0 Å². The number of benzene rings is 3. The number of carbonyl (C=O) groups excluding carboxylic acids is 4. The van der Waals surface area contributed by atoms with Gasteiger partial charge >= 0.3 is 5.97 Å². The van der Waals surface area contributed by atoms with Gasteiger partial charge in [-0.2, -0.15) is 0 Å². The molecule has 6 nitrogen and oxygen atoms in total. The lowest BCUT2D eigenvalue weighted by Crippen LogP contribution is -2.30. The normalized spacial score (nSPS) is 13.1. The van der Waals surface area contributed by atoms with Gasteiger partial charge in [-0.25, -0.2) is 4.79 Å². The van der Waals surface area contributed by atoms with Crippen LogP contribution < -0.4 is 5.32 Å². The van der Waals surface area contributed by atoms with Crippen molar-refractivity contribution in [3.05, 3.63) is 99.6 Å². The minimum Gasteiger partial charge on any atom is -0.449 e. The van der Waals surface area contributed by atoms with Crippen molar-refractivity contribution in [3.63, 3.8) is 0 Å². The number of hydrogen-bond donors (Lipinski definition) is 1. The van der Waals surface area contributed by atoms with Gasteiger partial charge in [-0.15, -0.1) is 0 Å². The summed E-state index contributed by atoms with van der Waals surface area (Å²) in [5.41, 5.74) is 3.78. The molecule has 1 N–H and O–H groups in total. The third-order valence-electron chi connectivity index (χ3n) is 5.30. The fourth-order valence-corrected chi connectivity index (χ4v) is 3.80. The lowest BCUT2D eigenvalue weighted by molar-refractivity contribution is -0.123. The molecule has 1 aliphatic carbocycles. The Kier molecular flexibility index (Phi) is 5.45. The molecule has 32 heavy (non-hydrogen) atoms. The first-order chi connectivity index (χ1) is 15.2. The molecule has 0 saturated heterocycles. The van der Waals surface area contributed by atoms with E-state index in [2.05, 4.69) is 5.32 Å². The Morgan fingerprint density at radius 2 is 1.34 bits per heavy atom. The van der Waals surface area contributed by atoms with E-state index in [0.29, 0.717) is 27.9 Å². The molecular weight excluding hydrogens is 406 g/mol. The molecule has 0 aromatic heterocycles. The van der Waals surface area contributed by atoms with E-state index in [-0.39, 0.29) is 17.1 Å². The molecule has 1 amide bonds. The molecule has 4 rings (SSSR count). The van der Waals surface area contributed by atoms with Gasteiger partial charge in [0.05, 0.1) is 5.56 Å². The Morgan fingerprint density at radius 3 is 1.97 bits per heavy atom. The number of aryl methyl sites for hydroxylation is 2. The molecule has 0 radical (unpaired) electrons. The van der Waals surface area contributed by atoms with E-state index in [1.165, 1.54) is 19.1 Å². The maximum Gasteiger partial charge on any atom is 0.338 e. The number of fused-ring (bicyclic) bond motifs is 2. The Hall–Kier alpha value is -4.06. The standard InChI is InChI=1S/C26H21NO5/c1-14-10-15(2)12-17(11-14)26(31)32-16(3)25(30)27-18-8-9-21-22(13-18)24(29)20-7-5-4-6-19(20)23(21)28/h4-13,16H,1-3H3,(H,27,30). The zero-order chi connectivity index (χ0) is 23.0. The number of nitrogens with one attached hydrogen (secondary N) is 1. The lowest BCUT2D eigenvalue weighted by atomic mass is 9.84. The molecule has 6 heteroatoms. The number of esters is 1. The summed E-state index contributed by atoms with van der Waals surface area (Å²) < 4.78 is 5.31. The molecule has 3 aromatic rings. The summed E-state index contributed by atoms with van der Waals surface area (Å²) in [6.07, 6.45) is -1.06. The van der Waals surface area contributed by atoms with E-state index in [0.717, 1.165) is 11.1 Å². The molecule has 0 spiro atoms. The molecule has 0 fully saturated rings. The van der Waals surface area contributed by atoms with E-state index < -0.39 is 18.0 Å². The second-order valence-electron chi connectivity index (χ2n) is 7.88. The molecule has 1 unspecified atom stereocenters. The maximum absolute atomic E-state index is 12.8. The molecule has 1 aliphatic rings. The van der Waals surface area contributed by atoms with Crippen LogP contribution >= 0.6 is 0 Å². The maximum atomic E-state index is 12.8. The van der Waals surface area contributed by atoms with Crippen LogP contribution in [0.3, 0.4) is 0 Å². The molecule has 0 saturated carbocycles. The topological polar surface area (TPSA) is 89.5 Å². The first-order valence-electron chi connectivity index (χ1n) is 10.2. The largest absolute Gasteiger partial charge is 0.449 e. The van der Waals surface area contributed by atoms with Gasteiger partial charge in [0.15, 0.2) is 17.7 Å². The Bertz CT molecular complexity index is 1270. The number of anilines is 1. The smallest absolute Gasteiger partial charge is 0.338 e. The summed E-state index contributed by atoms with van der Waals surface area (Å²) >= 11 is 0. The van der Waals surface area contributed by atoms with Crippen LogP contribution in [-0.4, -0.2) is 29.5 Å². The van der Waals surface area contributed by atoms with E-state index in [4.69, 9.17) is 4.74 Å². The van der Waals surface area contributed by atoms with Gasteiger partial charge in [-0.1, -0.05) is 41.5 Å². The predicted molar refractivity (Wildman–Crippen MR) is 119 cm³/mol. The number of ketones is 2. The number of rotatable bonds is 4. The van der Waals surface area contributed by atoms with Crippen LogP contribution in [0.25, 0.3) is 0 Å². The number of carbonyl (C=O) groups is 4. The van der Waals surface area contributed by atoms with Gasteiger partial charge in [0.1, 0.15) is 0 Å². The summed E-state index contributed by atoms with van der Waals surface area (Å²) in [7, 11) is 0. The minimum atomic E-state index is -1.06. The number of amides is 1. The average Bonchev–Trinajstić information content (AvgIpc) is 2.76. The van der Waals surface area contributed by atoms with Crippen molar-refractivity contribution < 1.29 is 23.9 Å². The number of ether oxygens (including phenoxy) is 1. The number of hydrogen-bond acceptors (Lipinski definition) is 5. The van der Waals surface area contributed by atoms with Crippen LogP contribution in [0.5, 0.6) is 0 Å². The molecule has 160 valence electrons. The summed E-state index contributed by atoms with van der Waals surface area (Å²) in [5.74, 6) is -1.65. The van der Waals surface area contributed by atoms with Crippen LogP contribution in [0.4, 0.5) is 5.69 Å². The van der Waals surface area contributed by atoms with Crippen LogP contribution in [0, 0.1) is 13.8 Å². The first kappa shape index (κ1) is 21.2. The molecule has 0 bridgehead atoms. The Labute approximate surface area is 185 Å². The van der Waals surface area contributed by atoms with Crippen molar-refractivity contribution >= 4 is 29.1 Å². The molecule has 0 heterocycles. The van der Waals surface area contributed by atoms with Gasteiger partial charge in [0.25, 0.3) is 5.91 Å². The van der Waals surface area contributed by atoms with Crippen molar-refractivity contribution in [2.75, 3.05) is 5.32 Å². The van der Waals surface area contributed by atoms with Crippen molar-refractivity contribution in [2.45, 2.75) is 26.9 Å². The molecule has 1 atom stereocenters. The van der Waals surface area contributed by atoms with Crippen molar-refractivity contribution in [1.82, 2.24) is 0 Å². The van der Waals surface area contributed by atoms with Gasteiger partial charge in [0, 0.05) is 27.9 Å². The SMILES string of the molecule is Cc1cc(C)cc(C(=O)OC(C)C(=O)Nc2ccc3c(c2)C(=O)c2ccccc2C3=O)c1. The third-order valence-corrected chi connectivity index (χ3v) is 5.30. The fraction of sp³-hybridized carbons (Fsp3) is 0.154. The van der Waals surface area contributed by atoms with Crippen molar-refractivity contribution in [1.29, 1.82) is 0 Å². The van der Waals surface area contributed by atoms with Gasteiger partial charge in [0.2, 0.25) is 0 Å². The van der Waals surface area contributed by atoms with E-state index >= 15 is 0 Å². The van der Waals surface area contributed by atoms with Gasteiger partial charge < -0.3 is 10.1 Å². The Morgan fingerprint density at radius 1 is 0.781 bits per heavy atom. The van der Waals surface area contributed by atoms with E-state index in [1.54, 1.807) is 42.5 Å². The lowest BCUT2D eigenvalue weighted by Gasteiger charge is -2.19. The zero-order valence-corrected chi connectivity index (χ0v) is 17.9. The minimum absolute atomic E-state index is 0.228. The second-order valence-corrected chi connectivity index (χ2v) is 7.88. The van der Waals surface area contributed by atoms with Gasteiger partial charge in [-0.3, -0.25) is 14.4 Å². The fourth-order valence-electron chi connectivity index (χ4n) is 3.80. The first-order valence-corrected chi connectivity index (χ1v) is 10.2. The highest BCUT2D eigenvalue weighted by Crippen LogP contribution is 2.29. The van der Waals surface area contributed by atoms with Crippen LogP contribution in [0.1, 0.15) is 60.3 Å². The van der Waals surface area contributed by atoms with E-state index in [9.17, 15) is 19.2 Å². The summed E-state index contributed by atoms with van der Waals surface area (Å²) in [4.78, 5) is 50.6. The molecule has 0 aliphatic heterocycles. The summed E-state index contributed by atoms with van der Waals surface area (Å²) in [6.45, 7) is 5.22. The van der Waals surface area contributed by atoms with E-state index in [1.807, 2.05) is 19.9 Å². The highest BCUT2D eigenvalue weighted by atomic mass is 16.5. The highest BCUT2D eigenvalue weighted by Gasteiger charge is 2.29. The monoisotopic (exact) mass is 427 g/mol. The highest BCUT2D eigenvalue weighted by molar-refractivity contribution is 6.28. The molecule has 3 aromatic carbocycles. The average molecular weight is 427 g/mol. The zero-order valence-electron chi connectivity index (χ0n) is 17.9. The van der Waals surface area contributed by atoms with Crippen LogP contribution in [0.15, 0.2) is 60.7 Å². The third kappa shape index (κ3) is 3.95. The van der Waals surface area contributed by atoms with Gasteiger partial charge in [-0.05, 0) is 51.1 Å².